The summed E-state index contributed by atoms with van der Waals surface area (Å²) in [5, 5.41) is 6.32. The summed E-state index contributed by atoms with van der Waals surface area (Å²) in [6.45, 7) is 1.90. The van der Waals surface area contributed by atoms with Crippen LogP contribution in [-0.2, 0) is 9.53 Å². The molecule has 10 nitrogen and oxygen atoms in total. The van der Waals surface area contributed by atoms with Gasteiger partial charge in [-0.15, -0.1) is 0 Å². The molecule has 2 aromatic heterocycles. The van der Waals surface area contributed by atoms with Crippen LogP contribution < -0.4 is 15.4 Å². The fourth-order valence-electron chi connectivity index (χ4n) is 4.30. The lowest BCUT2D eigenvalue weighted by Crippen LogP contribution is -2.38. The van der Waals surface area contributed by atoms with Crippen molar-refractivity contribution in [3.8, 4) is 17.1 Å². The minimum absolute atomic E-state index is 0.0977. The maximum Gasteiger partial charge on any atom is 0.323 e. The molecule has 0 aliphatic carbocycles. The smallest absolute Gasteiger partial charge is 0.323 e. The maximum absolute atomic E-state index is 14.4. The number of pyridine rings is 1. The van der Waals surface area contributed by atoms with Gasteiger partial charge in [0, 0.05) is 30.5 Å². The minimum atomic E-state index is -0.527. The molecule has 0 radical (unpaired) electrons. The van der Waals surface area contributed by atoms with E-state index in [1.54, 1.807) is 6.07 Å². The van der Waals surface area contributed by atoms with E-state index < -0.39 is 5.82 Å². The number of amides is 1. The van der Waals surface area contributed by atoms with E-state index >= 15 is 0 Å². The van der Waals surface area contributed by atoms with Crippen LogP contribution >= 0.6 is 11.6 Å². The van der Waals surface area contributed by atoms with Crippen molar-refractivity contribution in [2.75, 3.05) is 39.2 Å². The van der Waals surface area contributed by atoms with Gasteiger partial charge in [-0.2, -0.15) is 0 Å². The molecule has 1 aliphatic rings. The van der Waals surface area contributed by atoms with Crippen LogP contribution in [0.15, 0.2) is 42.9 Å². The van der Waals surface area contributed by atoms with Crippen molar-refractivity contribution in [1.82, 2.24) is 25.2 Å². The molecule has 1 fully saturated rings. The lowest BCUT2D eigenvalue weighted by molar-refractivity contribution is -0.145. The van der Waals surface area contributed by atoms with Crippen LogP contribution in [0.4, 0.5) is 15.9 Å². The third-order valence-corrected chi connectivity index (χ3v) is 6.44. The normalized spacial score (nSPS) is 15.2. The number of nitrogens with zero attached hydrogens (tertiary/aromatic N) is 4. The predicted octanol–water partition coefficient (Wildman–Crippen LogP) is 3.84. The SMILES string of the molecule is COC(=O)C1CCCN1CCCNC(=O)c1cnccc1Nc1nc(-c2cc(Cl)ccc2F)ncc1OC. The Morgan fingerprint density at radius 1 is 1.24 bits per heavy atom. The minimum Gasteiger partial charge on any atom is -0.491 e. The summed E-state index contributed by atoms with van der Waals surface area (Å²) < 4.78 is 24.7. The summed E-state index contributed by atoms with van der Waals surface area (Å²) >= 11 is 6.03. The summed E-state index contributed by atoms with van der Waals surface area (Å²) in [7, 11) is 2.85. The number of hydrogen-bond donors (Lipinski definition) is 2. The average Bonchev–Trinajstić information content (AvgIpc) is 3.40. The second-order valence-corrected chi connectivity index (χ2v) is 9.04. The summed E-state index contributed by atoms with van der Waals surface area (Å²) in [5.74, 6) is -0.452. The Kier molecular flexibility index (Phi) is 9.03. The molecular weight excluding hydrogens is 515 g/mol. The van der Waals surface area contributed by atoms with E-state index in [0.717, 1.165) is 19.4 Å². The summed E-state index contributed by atoms with van der Waals surface area (Å²) in [5.41, 5.74) is 0.845. The van der Waals surface area contributed by atoms with Crippen molar-refractivity contribution in [3.05, 3.63) is 59.3 Å². The number of aromatic nitrogens is 3. The van der Waals surface area contributed by atoms with Crippen molar-refractivity contribution in [3.63, 3.8) is 0 Å². The van der Waals surface area contributed by atoms with E-state index in [-0.39, 0.29) is 40.7 Å². The Balaban J connectivity index is 1.45. The van der Waals surface area contributed by atoms with Gasteiger partial charge in [0.2, 0.25) is 0 Å². The van der Waals surface area contributed by atoms with Crippen LogP contribution in [0.2, 0.25) is 5.02 Å². The molecule has 1 atom stereocenters. The third-order valence-electron chi connectivity index (χ3n) is 6.21. The second-order valence-electron chi connectivity index (χ2n) is 8.61. The molecule has 0 spiro atoms. The first-order valence-corrected chi connectivity index (χ1v) is 12.5. The Labute approximate surface area is 224 Å². The number of halogens is 2. The van der Waals surface area contributed by atoms with Gasteiger partial charge in [-0.1, -0.05) is 11.6 Å². The van der Waals surface area contributed by atoms with Gasteiger partial charge in [-0.25, -0.2) is 14.4 Å². The number of nitrogens with one attached hydrogen (secondary N) is 2. The lowest BCUT2D eigenvalue weighted by Gasteiger charge is -2.22. The van der Waals surface area contributed by atoms with E-state index in [1.165, 1.54) is 51.0 Å². The van der Waals surface area contributed by atoms with E-state index in [2.05, 4.69) is 30.5 Å². The van der Waals surface area contributed by atoms with Crippen LogP contribution in [-0.4, -0.2) is 71.6 Å². The van der Waals surface area contributed by atoms with Crippen molar-refractivity contribution in [1.29, 1.82) is 0 Å². The molecule has 1 aromatic carbocycles. The number of carbonyl (C=O) groups is 2. The van der Waals surface area contributed by atoms with Crippen LogP contribution in [0.1, 0.15) is 29.6 Å². The van der Waals surface area contributed by atoms with Gasteiger partial charge in [-0.05, 0) is 50.1 Å². The Hall–Kier alpha value is -3.83. The van der Waals surface area contributed by atoms with Crippen molar-refractivity contribution >= 4 is 35.0 Å². The summed E-state index contributed by atoms with van der Waals surface area (Å²) in [4.78, 5) is 39.7. The Morgan fingerprint density at radius 2 is 2.08 bits per heavy atom. The molecule has 1 amide bonds. The molecule has 3 aromatic rings. The van der Waals surface area contributed by atoms with E-state index in [4.69, 9.17) is 21.1 Å². The zero-order valence-electron chi connectivity index (χ0n) is 21.0. The first-order chi connectivity index (χ1) is 18.4. The zero-order valence-corrected chi connectivity index (χ0v) is 21.8. The van der Waals surface area contributed by atoms with Crippen molar-refractivity contribution < 1.29 is 23.5 Å². The highest BCUT2D eigenvalue weighted by Gasteiger charge is 2.30. The number of likely N-dealkylation sites (tertiary alicyclic amines) is 1. The van der Waals surface area contributed by atoms with Gasteiger partial charge in [0.25, 0.3) is 5.91 Å². The molecule has 4 rings (SSSR count). The molecule has 38 heavy (non-hydrogen) atoms. The number of esters is 1. The molecule has 3 heterocycles. The number of benzene rings is 1. The van der Waals surface area contributed by atoms with Gasteiger partial charge >= 0.3 is 5.97 Å². The monoisotopic (exact) mass is 542 g/mol. The van der Waals surface area contributed by atoms with E-state index in [9.17, 15) is 14.0 Å². The predicted molar refractivity (Wildman–Crippen MR) is 140 cm³/mol. The van der Waals surface area contributed by atoms with Crippen molar-refractivity contribution in [2.24, 2.45) is 0 Å². The number of hydrogen-bond acceptors (Lipinski definition) is 9. The molecule has 12 heteroatoms. The standard InChI is InChI=1S/C26H28ClFN6O4/c1-37-22-15-31-23(17-13-16(27)6-7-19(17)28)33-24(22)32-20-8-10-29-14-18(20)25(35)30-9-4-12-34-11-3-5-21(34)26(36)38-2/h6-8,10,13-15,21H,3-5,9,11-12H2,1-2H3,(H,30,35)(H,29,31,32,33). The van der Waals surface area contributed by atoms with Gasteiger partial charge < -0.3 is 20.1 Å². The van der Waals surface area contributed by atoms with Gasteiger partial charge in [-0.3, -0.25) is 19.5 Å². The molecule has 1 aliphatic heterocycles. The zero-order chi connectivity index (χ0) is 27.1. The topological polar surface area (TPSA) is 119 Å². The number of ether oxygens (including phenoxy) is 2. The fourth-order valence-corrected chi connectivity index (χ4v) is 4.47. The second kappa shape index (κ2) is 12.6. The highest BCUT2D eigenvalue weighted by atomic mass is 35.5. The quantitative estimate of drug-likeness (QED) is 0.291. The van der Waals surface area contributed by atoms with Gasteiger partial charge in [0.1, 0.15) is 11.9 Å². The van der Waals surface area contributed by atoms with Crippen LogP contribution in [0.5, 0.6) is 5.75 Å². The summed E-state index contributed by atoms with van der Waals surface area (Å²) in [6, 6.07) is 5.51. The van der Waals surface area contributed by atoms with Crippen molar-refractivity contribution in [2.45, 2.75) is 25.3 Å². The average molecular weight is 543 g/mol. The van der Waals surface area contributed by atoms with E-state index in [1.807, 2.05) is 0 Å². The highest BCUT2D eigenvalue weighted by Crippen LogP contribution is 2.30. The number of rotatable bonds is 10. The molecule has 2 N–H and O–H groups in total. The molecule has 200 valence electrons. The Bertz CT molecular complexity index is 1310. The largest absolute Gasteiger partial charge is 0.491 e. The number of carbonyl (C=O) groups excluding carboxylic acids is 2. The molecule has 1 unspecified atom stereocenters. The molecule has 0 bridgehead atoms. The van der Waals surface area contributed by atoms with Crippen LogP contribution in [0.25, 0.3) is 11.4 Å². The third kappa shape index (κ3) is 6.35. The van der Waals surface area contributed by atoms with Crippen LogP contribution in [0.3, 0.4) is 0 Å². The first kappa shape index (κ1) is 27.2. The molecule has 0 saturated carbocycles. The maximum atomic E-state index is 14.4. The number of anilines is 2. The van der Waals surface area contributed by atoms with Gasteiger partial charge in [0.05, 0.1) is 37.2 Å². The summed E-state index contributed by atoms with van der Waals surface area (Å²) in [6.07, 6.45) is 6.76. The van der Waals surface area contributed by atoms with Gasteiger partial charge in [0.15, 0.2) is 17.4 Å². The Morgan fingerprint density at radius 3 is 2.87 bits per heavy atom. The molecular formula is C26H28ClFN6O4. The first-order valence-electron chi connectivity index (χ1n) is 12.1. The fraction of sp³-hybridized carbons (Fsp3) is 0.346. The van der Waals surface area contributed by atoms with E-state index in [0.29, 0.717) is 36.0 Å². The molecule has 1 saturated heterocycles. The highest BCUT2D eigenvalue weighted by molar-refractivity contribution is 6.30. The number of methoxy groups -OCH3 is 2. The lowest BCUT2D eigenvalue weighted by atomic mass is 10.2. The van der Waals surface area contributed by atoms with Crippen LogP contribution in [0, 0.1) is 5.82 Å².